The average Bonchev–Trinajstić information content (AvgIpc) is 2.60. The average molecular weight is 360 g/mol. The van der Waals surface area contributed by atoms with Gasteiger partial charge in [-0.2, -0.15) is 0 Å². The van der Waals surface area contributed by atoms with E-state index in [1.165, 1.54) is 6.42 Å². The van der Waals surface area contributed by atoms with E-state index in [1.54, 1.807) is 20.8 Å². The topological polar surface area (TPSA) is 63.2 Å². The zero-order valence-corrected chi connectivity index (χ0v) is 16.2. The molecule has 0 aliphatic carbocycles. The van der Waals surface area contributed by atoms with E-state index in [0.717, 1.165) is 65.0 Å². The number of unbranched alkanes of at least 4 members (excludes halogenated alkanes) is 2. The first-order valence-electron chi connectivity index (χ1n) is 9.68. The van der Waals surface area contributed by atoms with E-state index in [0.29, 0.717) is 13.2 Å². The lowest BCUT2D eigenvalue weighted by atomic mass is 10.1. The van der Waals surface area contributed by atoms with Crippen molar-refractivity contribution in [1.29, 1.82) is 0 Å². The fourth-order valence-corrected chi connectivity index (χ4v) is 2.46. The Kier molecular flexibility index (Phi) is 12.1. The number of carbonyl (C=O) groups is 1. The smallest absolute Gasteiger partial charge is 0.337 e. The van der Waals surface area contributed by atoms with Crippen molar-refractivity contribution in [3.8, 4) is 0 Å². The molecule has 0 radical (unpaired) electrons. The van der Waals surface area contributed by atoms with Crippen LogP contribution < -0.4 is 0 Å². The number of carbonyl (C=O) groups excluding carboxylic acids is 1. The Morgan fingerprint density at radius 1 is 1.04 bits per heavy atom. The summed E-state index contributed by atoms with van der Waals surface area (Å²) in [7, 11) is 0. The molecular formula is C19H36O6. The summed E-state index contributed by atoms with van der Waals surface area (Å²) in [5.41, 5.74) is -0.876. The molecule has 0 saturated carbocycles. The summed E-state index contributed by atoms with van der Waals surface area (Å²) in [6.45, 7) is 9.22. The molecule has 1 aliphatic rings. The Morgan fingerprint density at radius 2 is 1.72 bits per heavy atom. The van der Waals surface area contributed by atoms with Crippen LogP contribution in [0.15, 0.2) is 0 Å². The molecule has 1 saturated heterocycles. The Bertz CT molecular complexity index is 339. The third kappa shape index (κ3) is 10.8. The Hall–Kier alpha value is -0.690. The summed E-state index contributed by atoms with van der Waals surface area (Å²) in [4.78, 5) is 11.7. The van der Waals surface area contributed by atoms with Crippen LogP contribution in [0.25, 0.3) is 0 Å². The van der Waals surface area contributed by atoms with Crippen LogP contribution in [0.2, 0.25) is 0 Å². The first-order valence-corrected chi connectivity index (χ1v) is 9.68. The van der Waals surface area contributed by atoms with Crippen LogP contribution in [0.5, 0.6) is 0 Å². The highest BCUT2D eigenvalue weighted by Crippen LogP contribution is 2.14. The second-order valence-corrected chi connectivity index (χ2v) is 6.77. The molecule has 0 spiro atoms. The second kappa shape index (κ2) is 13.5. The van der Waals surface area contributed by atoms with Gasteiger partial charge in [0, 0.05) is 33.0 Å². The highest BCUT2D eigenvalue weighted by Gasteiger charge is 2.29. The molecule has 0 amide bonds. The molecule has 1 rings (SSSR count). The minimum atomic E-state index is -0.876. The zero-order valence-electron chi connectivity index (χ0n) is 16.2. The van der Waals surface area contributed by atoms with Crippen molar-refractivity contribution in [3.63, 3.8) is 0 Å². The highest BCUT2D eigenvalue weighted by atomic mass is 16.7. The van der Waals surface area contributed by atoms with Crippen molar-refractivity contribution in [1.82, 2.24) is 0 Å². The standard InChI is InChI=1S/C19H36O6/c1-4-22-18(20)19(2,3)25-16-10-8-13-21-12-7-9-15-24-17-11-5-6-14-23-17/h17H,4-16H2,1-3H3. The molecular weight excluding hydrogens is 324 g/mol. The summed E-state index contributed by atoms with van der Waals surface area (Å²) in [5.74, 6) is -0.313. The van der Waals surface area contributed by atoms with Crippen LogP contribution >= 0.6 is 0 Å². The number of hydrogen-bond donors (Lipinski definition) is 0. The summed E-state index contributed by atoms with van der Waals surface area (Å²) in [5, 5.41) is 0. The fourth-order valence-electron chi connectivity index (χ4n) is 2.46. The SMILES string of the molecule is CCOC(=O)C(C)(C)OCCCCOCCCCOC1CCCCO1. The minimum absolute atomic E-state index is 0.00790. The molecule has 25 heavy (non-hydrogen) atoms. The molecule has 0 aromatic rings. The Morgan fingerprint density at radius 3 is 2.36 bits per heavy atom. The van der Waals surface area contributed by atoms with Crippen LogP contribution in [0.1, 0.15) is 65.7 Å². The number of ether oxygens (including phenoxy) is 5. The maximum atomic E-state index is 11.7. The van der Waals surface area contributed by atoms with E-state index in [4.69, 9.17) is 23.7 Å². The largest absolute Gasteiger partial charge is 0.464 e. The number of esters is 1. The third-order valence-corrected chi connectivity index (χ3v) is 4.04. The lowest BCUT2D eigenvalue weighted by molar-refractivity contribution is -0.167. The van der Waals surface area contributed by atoms with Crippen LogP contribution in [-0.2, 0) is 28.5 Å². The van der Waals surface area contributed by atoms with Crippen LogP contribution in [0.4, 0.5) is 0 Å². The Balaban J connectivity index is 1.84. The molecule has 1 heterocycles. The molecule has 0 aromatic heterocycles. The van der Waals surface area contributed by atoms with Crippen molar-refractivity contribution in [3.05, 3.63) is 0 Å². The molecule has 6 heteroatoms. The predicted octanol–water partition coefficient (Wildman–Crippen LogP) is 3.46. The molecule has 0 aromatic carbocycles. The van der Waals surface area contributed by atoms with Crippen molar-refractivity contribution in [2.45, 2.75) is 77.6 Å². The number of hydrogen-bond acceptors (Lipinski definition) is 6. The first-order chi connectivity index (χ1) is 12.1. The fraction of sp³-hybridized carbons (Fsp3) is 0.947. The van der Waals surface area contributed by atoms with Gasteiger partial charge >= 0.3 is 5.97 Å². The second-order valence-electron chi connectivity index (χ2n) is 6.77. The van der Waals surface area contributed by atoms with Crippen molar-refractivity contribution in [2.75, 3.05) is 39.6 Å². The zero-order chi connectivity index (χ0) is 18.4. The predicted molar refractivity (Wildman–Crippen MR) is 95.5 cm³/mol. The molecule has 1 fully saturated rings. The van der Waals surface area contributed by atoms with Gasteiger partial charge in [-0.05, 0) is 65.7 Å². The summed E-state index contributed by atoms with van der Waals surface area (Å²) in [6, 6.07) is 0. The summed E-state index contributed by atoms with van der Waals surface area (Å²) < 4.78 is 27.4. The molecule has 0 bridgehead atoms. The van der Waals surface area contributed by atoms with Gasteiger partial charge in [-0.3, -0.25) is 0 Å². The first kappa shape index (κ1) is 22.4. The molecule has 1 unspecified atom stereocenters. The van der Waals surface area contributed by atoms with E-state index in [-0.39, 0.29) is 12.3 Å². The van der Waals surface area contributed by atoms with Gasteiger partial charge in [-0.1, -0.05) is 0 Å². The lowest BCUT2D eigenvalue weighted by Crippen LogP contribution is -2.37. The van der Waals surface area contributed by atoms with Gasteiger partial charge in [-0.25, -0.2) is 4.79 Å². The lowest BCUT2D eigenvalue weighted by Gasteiger charge is -2.22. The van der Waals surface area contributed by atoms with Crippen molar-refractivity contribution in [2.24, 2.45) is 0 Å². The van der Waals surface area contributed by atoms with Crippen molar-refractivity contribution < 1.29 is 28.5 Å². The van der Waals surface area contributed by atoms with Gasteiger partial charge in [0.15, 0.2) is 11.9 Å². The molecule has 148 valence electrons. The van der Waals surface area contributed by atoms with Gasteiger partial charge in [0.1, 0.15) is 0 Å². The van der Waals surface area contributed by atoms with Crippen LogP contribution in [-0.4, -0.2) is 57.5 Å². The summed E-state index contributed by atoms with van der Waals surface area (Å²) >= 11 is 0. The normalized spacial score (nSPS) is 18.3. The molecule has 1 atom stereocenters. The van der Waals surface area contributed by atoms with E-state index < -0.39 is 5.60 Å². The van der Waals surface area contributed by atoms with Gasteiger partial charge in [0.25, 0.3) is 0 Å². The molecule has 1 aliphatic heterocycles. The van der Waals surface area contributed by atoms with Gasteiger partial charge in [-0.15, -0.1) is 0 Å². The Labute approximate surface area is 152 Å². The third-order valence-electron chi connectivity index (χ3n) is 4.04. The maximum Gasteiger partial charge on any atom is 0.337 e. The summed E-state index contributed by atoms with van der Waals surface area (Å²) in [6.07, 6.45) is 7.17. The molecule has 6 nitrogen and oxygen atoms in total. The monoisotopic (exact) mass is 360 g/mol. The van der Waals surface area contributed by atoms with Crippen LogP contribution in [0, 0.1) is 0 Å². The van der Waals surface area contributed by atoms with E-state index >= 15 is 0 Å². The van der Waals surface area contributed by atoms with Crippen molar-refractivity contribution >= 4 is 5.97 Å². The van der Waals surface area contributed by atoms with E-state index in [2.05, 4.69) is 0 Å². The van der Waals surface area contributed by atoms with Gasteiger partial charge in [0.2, 0.25) is 0 Å². The highest BCUT2D eigenvalue weighted by molar-refractivity contribution is 5.78. The molecule has 0 N–H and O–H groups in total. The maximum absolute atomic E-state index is 11.7. The minimum Gasteiger partial charge on any atom is -0.464 e. The number of rotatable bonds is 14. The van der Waals surface area contributed by atoms with Gasteiger partial charge < -0.3 is 23.7 Å². The van der Waals surface area contributed by atoms with Gasteiger partial charge in [0.05, 0.1) is 6.61 Å². The van der Waals surface area contributed by atoms with E-state index in [9.17, 15) is 4.79 Å². The van der Waals surface area contributed by atoms with Crippen LogP contribution in [0.3, 0.4) is 0 Å². The quantitative estimate of drug-likeness (QED) is 0.349. The van der Waals surface area contributed by atoms with E-state index in [1.807, 2.05) is 0 Å².